The Morgan fingerprint density at radius 1 is 1.03 bits per heavy atom. The van der Waals surface area contributed by atoms with Crippen LogP contribution in [0.3, 0.4) is 0 Å². The first-order valence-corrected chi connectivity index (χ1v) is 10.4. The predicted octanol–water partition coefficient (Wildman–Crippen LogP) is 4.81. The molecule has 9 heteroatoms. The molecule has 2 N–H and O–H groups in total. The Hall–Kier alpha value is -3.29. The number of aryl methyl sites for hydroxylation is 2. The first-order chi connectivity index (χ1) is 15.2. The van der Waals surface area contributed by atoms with Gasteiger partial charge in [-0.25, -0.2) is 5.43 Å². The molecule has 0 spiro atoms. The molecule has 166 valence electrons. The molecule has 0 aliphatic carbocycles. The fraction of sp³-hybridized carbons (Fsp3) is 0.174. The first-order valence-electron chi connectivity index (χ1n) is 9.64. The monoisotopic (exact) mass is 472 g/mol. The second-order valence-corrected chi connectivity index (χ2v) is 7.94. The molecule has 0 fully saturated rings. The van der Waals surface area contributed by atoms with Gasteiger partial charge >= 0.3 is 11.8 Å². The number of methoxy groups -OCH3 is 1. The molecule has 2 amide bonds. The SMILES string of the molecule is COc1ccc(Cl)cc1NC(=O)C(=O)N/N=C\c1cc(C)n(-c2ccc(C)c(Cl)c2)c1C. The molecule has 0 aliphatic rings. The van der Waals surface area contributed by atoms with Gasteiger partial charge in [0.25, 0.3) is 0 Å². The van der Waals surface area contributed by atoms with Gasteiger partial charge in [-0.1, -0.05) is 29.3 Å². The molecular weight excluding hydrogens is 451 g/mol. The second-order valence-electron chi connectivity index (χ2n) is 7.09. The fourth-order valence-corrected chi connectivity index (χ4v) is 3.55. The first kappa shape index (κ1) is 23.4. The van der Waals surface area contributed by atoms with Crippen LogP contribution in [0, 0.1) is 20.8 Å². The number of hydrogen-bond acceptors (Lipinski definition) is 4. The number of hydrogen-bond donors (Lipinski definition) is 2. The van der Waals surface area contributed by atoms with Crippen LogP contribution in [0.25, 0.3) is 5.69 Å². The number of nitrogens with zero attached hydrogens (tertiary/aromatic N) is 2. The van der Waals surface area contributed by atoms with Crippen molar-refractivity contribution in [2.75, 3.05) is 12.4 Å². The molecule has 1 heterocycles. The van der Waals surface area contributed by atoms with E-state index in [1.54, 1.807) is 12.1 Å². The highest BCUT2D eigenvalue weighted by Crippen LogP contribution is 2.27. The lowest BCUT2D eigenvalue weighted by Gasteiger charge is -2.11. The molecular formula is C23H22Cl2N4O3. The normalized spacial score (nSPS) is 10.9. The number of aromatic nitrogens is 1. The highest BCUT2D eigenvalue weighted by molar-refractivity contribution is 6.40. The minimum Gasteiger partial charge on any atom is -0.495 e. The zero-order valence-corrected chi connectivity index (χ0v) is 19.5. The van der Waals surface area contributed by atoms with Gasteiger partial charge in [0.2, 0.25) is 0 Å². The largest absolute Gasteiger partial charge is 0.495 e. The van der Waals surface area contributed by atoms with Crippen LogP contribution >= 0.6 is 23.2 Å². The van der Waals surface area contributed by atoms with E-state index in [4.69, 9.17) is 27.9 Å². The van der Waals surface area contributed by atoms with Gasteiger partial charge in [0.1, 0.15) is 5.75 Å². The maximum Gasteiger partial charge on any atom is 0.329 e. The Morgan fingerprint density at radius 3 is 2.47 bits per heavy atom. The van der Waals surface area contributed by atoms with E-state index in [2.05, 4.69) is 15.8 Å². The molecule has 7 nitrogen and oxygen atoms in total. The Labute approximate surface area is 196 Å². The average molecular weight is 473 g/mol. The van der Waals surface area contributed by atoms with Gasteiger partial charge in [0, 0.05) is 32.7 Å². The van der Waals surface area contributed by atoms with Crippen molar-refractivity contribution in [1.82, 2.24) is 9.99 Å². The summed E-state index contributed by atoms with van der Waals surface area (Å²) in [4.78, 5) is 24.3. The average Bonchev–Trinajstić information content (AvgIpc) is 3.03. The van der Waals surface area contributed by atoms with Crippen molar-refractivity contribution in [3.8, 4) is 11.4 Å². The quantitative estimate of drug-likeness (QED) is 0.317. The zero-order valence-electron chi connectivity index (χ0n) is 18.0. The summed E-state index contributed by atoms with van der Waals surface area (Å²) < 4.78 is 7.19. The van der Waals surface area contributed by atoms with E-state index >= 15 is 0 Å². The third kappa shape index (κ3) is 5.12. The summed E-state index contributed by atoms with van der Waals surface area (Å²) in [7, 11) is 1.45. The highest BCUT2D eigenvalue weighted by Gasteiger charge is 2.16. The Kier molecular flexibility index (Phi) is 7.22. The van der Waals surface area contributed by atoms with Crippen LogP contribution in [0.4, 0.5) is 5.69 Å². The van der Waals surface area contributed by atoms with E-state index in [-0.39, 0.29) is 5.69 Å². The summed E-state index contributed by atoms with van der Waals surface area (Å²) in [6, 6.07) is 12.5. The van der Waals surface area contributed by atoms with Crippen molar-refractivity contribution in [2.45, 2.75) is 20.8 Å². The molecule has 0 saturated heterocycles. The number of anilines is 1. The number of rotatable bonds is 5. The molecule has 0 saturated carbocycles. The lowest BCUT2D eigenvalue weighted by molar-refractivity contribution is -0.136. The summed E-state index contributed by atoms with van der Waals surface area (Å²) in [5, 5.41) is 7.45. The number of nitrogens with one attached hydrogen (secondary N) is 2. The van der Waals surface area contributed by atoms with Gasteiger partial charge in [-0.3, -0.25) is 9.59 Å². The second kappa shape index (κ2) is 9.89. The van der Waals surface area contributed by atoms with E-state index in [9.17, 15) is 9.59 Å². The topological polar surface area (TPSA) is 84.7 Å². The lowest BCUT2D eigenvalue weighted by Crippen LogP contribution is -2.32. The minimum absolute atomic E-state index is 0.282. The number of hydrazone groups is 1. The van der Waals surface area contributed by atoms with E-state index in [1.807, 2.05) is 49.6 Å². The molecule has 3 aromatic rings. The molecule has 0 atom stereocenters. The maximum absolute atomic E-state index is 12.2. The highest BCUT2D eigenvalue weighted by atomic mass is 35.5. The van der Waals surface area contributed by atoms with Crippen molar-refractivity contribution >= 4 is 46.9 Å². The number of halogens is 2. The molecule has 3 rings (SSSR count). The van der Waals surface area contributed by atoms with Gasteiger partial charge in [0.15, 0.2) is 0 Å². The van der Waals surface area contributed by atoms with Crippen LogP contribution < -0.4 is 15.5 Å². The molecule has 32 heavy (non-hydrogen) atoms. The number of carbonyl (C=O) groups excluding carboxylic acids is 2. The summed E-state index contributed by atoms with van der Waals surface area (Å²) in [5.41, 5.74) is 7.11. The van der Waals surface area contributed by atoms with Crippen LogP contribution in [0.2, 0.25) is 10.0 Å². The van der Waals surface area contributed by atoms with Gasteiger partial charge in [0.05, 0.1) is 19.0 Å². The summed E-state index contributed by atoms with van der Waals surface area (Å²) in [5.74, 6) is -1.45. The Morgan fingerprint density at radius 2 is 1.78 bits per heavy atom. The van der Waals surface area contributed by atoms with Crippen LogP contribution in [-0.4, -0.2) is 29.7 Å². The third-order valence-electron chi connectivity index (χ3n) is 4.87. The standard InChI is InChI=1S/C23H22Cl2N4O3/c1-13-5-7-18(11-19(13)25)29-14(2)9-16(15(29)3)12-26-28-23(31)22(30)27-20-10-17(24)6-8-21(20)32-4/h5-12H,1-4H3,(H,27,30)(H,28,31)/b26-12-. The van der Waals surface area contributed by atoms with E-state index in [1.165, 1.54) is 19.4 Å². The molecule has 0 radical (unpaired) electrons. The molecule has 0 aliphatic heterocycles. The number of benzene rings is 2. The zero-order chi connectivity index (χ0) is 23.4. The predicted molar refractivity (Wildman–Crippen MR) is 127 cm³/mol. The van der Waals surface area contributed by atoms with Gasteiger partial charge < -0.3 is 14.6 Å². The van der Waals surface area contributed by atoms with Crippen molar-refractivity contribution in [3.63, 3.8) is 0 Å². The maximum atomic E-state index is 12.2. The van der Waals surface area contributed by atoms with Crippen LogP contribution in [0.15, 0.2) is 47.6 Å². The lowest BCUT2D eigenvalue weighted by atomic mass is 10.2. The number of amides is 2. The van der Waals surface area contributed by atoms with Crippen molar-refractivity contribution in [3.05, 3.63) is 75.0 Å². The number of carbonyl (C=O) groups is 2. The van der Waals surface area contributed by atoms with E-state index in [0.29, 0.717) is 15.8 Å². The third-order valence-corrected chi connectivity index (χ3v) is 5.51. The van der Waals surface area contributed by atoms with Gasteiger partial charge in [-0.2, -0.15) is 5.10 Å². The molecule has 0 unspecified atom stereocenters. The Balaban J connectivity index is 1.71. The fourth-order valence-electron chi connectivity index (χ4n) is 3.20. The van der Waals surface area contributed by atoms with Crippen molar-refractivity contribution in [2.24, 2.45) is 5.10 Å². The van der Waals surface area contributed by atoms with Gasteiger partial charge in [-0.05, 0) is 62.7 Å². The minimum atomic E-state index is -0.928. The van der Waals surface area contributed by atoms with E-state index < -0.39 is 11.8 Å². The smallest absolute Gasteiger partial charge is 0.329 e. The molecule has 2 aromatic carbocycles. The van der Waals surface area contributed by atoms with Crippen LogP contribution in [0.1, 0.15) is 22.5 Å². The summed E-state index contributed by atoms with van der Waals surface area (Å²) >= 11 is 12.2. The molecule has 1 aromatic heterocycles. The number of ether oxygens (including phenoxy) is 1. The summed E-state index contributed by atoms with van der Waals surface area (Å²) in [6.07, 6.45) is 1.49. The van der Waals surface area contributed by atoms with E-state index in [0.717, 1.165) is 28.2 Å². The van der Waals surface area contributed by atoms with Crippen LogP contribution in [-0.2, 0) is 9.59 Å². The van der Waals surface area contributed by atoms with Crippen molar-refractivity contribution < 1.29 is 14.3 Å². The van der Waals surface area contributed by atoms with Crippen molar-refractivity contribution in [1.29, 1.82) is 0 Å². The Bertz CT molecular complexity index is 1220. The van der Waals surface area contributed by atoms with Crippen LogP contribution in [0.5, 0.6) is 5.75 Å². The van der Waals surface area contributed by atoms with Gasteiger partial charge in [-0.15, -0.1) is 0 Å². The molecule has 0 bridgehead atoms. The summed E-state index contributed by atoms with van der Waals surface area (Å²) in [6.45, 7) is 5.84.